The number of rotatable bonds is 28. The summed E-state index contributed by atoms with van der Waals surface area (Å²) < 4.78 is 5.09. The van der Waals surface area contributed by atoms with Crippen molar-refractivity contribution in [2.75, 3.05) is 13.7 Å². The van der Waals surface area contributed by atoms with Crippen LogP contribution in [0.3, 0.4) is 0 Å². The van der Waals surface area contributed by atoms with E-state index in [0.717, 1.165) is 13.0 Å². The molecule has 0 aromatic carbocycles. The smallest absolute Gasteiger partial charge is 0.157 e. The van der Waals surface area contributed by atoms with Gasteiger partial charge in [-0.1, -0.05) is 148 Å². The largest absolute Gasteiger partial charge is 0.385 e. The Morgan fingerprint density at radius 3 is 0.970 bits per heavy atom. The van der Waals surface area contributed by atoms with Gasteiger partial charge in [-0.15, -0.1) is 0 Å². The normalized spacial score (nSPS) is 11.2. The monoisotopic (exact) mass is 464 g/mol. The van der Waals surface area contributed by atoms with Crippen molar-refractivity contribution in [3.63, 3.8) is 0 Å². The highest BCUT2D eigenvalue weighted by Crippen LogP contribution is 2.16. The lowest BCUT2D eigenvalue weighted by molar-refractivity contribution is -0.115. The van der Waals surface area contributed by atoms with Crippen LogP contribution < -0.4 is 0 Å². The van der Waals surface area contributed by atoms with Gasteiger partial charge in [0.25, 0.3) is 0 Å². The van der Waals surface area contributed by atoms with Gasteiger partial charge >= 0.3 is 0 Å². The SMILES string of the molecule is C=C(C)C(=O)CCCCCCCCCCCCCCCCCCCCCCCCCCOC. The van der Waals surface area contributed by atoms with E-state index < -0.39 is 0 Å². The highest BCUT2D eigenvalue weighted by Gasteiger charge is 2.01. The minimum absolute atomic E-state index is 0.247. The Bertz CT molecular complexity index is 415. The zero-order valence-corrected chi connectivity index (χ0v) is 22.9. The van der Waals surface area contributed by atoms with E-state index in [2.05, 4.69) is 6.58 Å². The number of carbonyl (C=O) groups excluding carboxylic acids is 1. The Balaban J connectivity index is 3.05. The Hall–Kier alpha value is -0.630. The first-order chi connectivity index (χ1) is 16.2. The van der Waals surface area contributed by atoms with Crippen molar-refractivity contribution in [3.05, 3.63) is 12.2 Å². The maximum absolute atomic E-state index is 11.5. The molecule has 0 saturated carbocycles. The van der Waals surface area contributed by atoms with E-state index in [1.165, 1.54) is 148 Å². The highest BCUT2D eigenvalue weighted by atomic mass is 16.5. The lowest BCUT2D eigenvalue weighted by Gasteiger charge is -2.04. The molecule has 0 rings (SSSR count). The van der Waals surface area contributed by atoms with E-state index in [1.54, 1.807) is 7.11 Å². The van der Waals surface area contributed by atoms with E-state index in [1.807, 2.05) is 6.92 Å². The molecule has 0 aliphatic heterocycles. The second-order valence-corrected chi connectivity index (χ2v) is 10.4. The molecule has 2 nitrogen and oxygen atoms in total. The third-order valence-electron chi connectivity index (χ3n) is 6.98. The summed E-state index contributed by atoms with van der Waals surface area (Å²) in [4.78, 5) is 11.5. The van der Waals surface area contributed by atoms with Crippen LogP contribution in [0.2, 0.25) is 0 Å². The lowest BCUT2D eigenvalue weighted by Crippen LogP contribution is -1.97. The quantitative estimate of drug-likeness (QED) is 0.0850. The van der Waals surface area contributed by atoms with Gasteiger partial charge in [-0.25, -0.2) is 0 Å². The van der Waals surface area contributed by atoms with Crippen molar-refractivity contribution < 1.29 is 9.53 Å². The number of ketones is 1. The van der Waals surface area contributed by atoms with Crippen LogP contribution in [0.5, 0.6) is 0 Å². The van der Waals surface area contributed by atoms with Gasteiger partial charge in [0, 0.05) is 20.1 Å². The third kappa shape index (κ3) is 27.5. The molecule has 0 bridgehead atoms. The number of hydrogen-bond donors (Lipinski definition) is 0. The standard InChI is InChI=1S/C31H60O2/c1-30(2)31(32)28-26-24-22-20-18-16-14-12-10-8-6-4-5-7-9-11-13-15-17-19-21-23-25-27-29-33-3/h1,4-29H2,2-3H3. The molecule has 0 saturated heterocycles. The predicted octanol–water partition coefficient (Wildman–Crippen LogP) is 10.5. The van der Waals surface area contributed by atoms with Crippen LogP contribution in [-0.2, 0) is 9.53 Å². The fourth-order valence-corrected chi connectivity index (χ4v) is 4.63. The number of methoxy groups -OCH3 is 1. The number of carbonyl (C=O) groups is 1. The van der Waals surface area contributed by atoms with E-state index in [4.69, 9.17) is 4.74 Å². The van der Waals surface area contributed by atoms with Gasteiger partial charge in [-0.3, -0.25) is 4.79 Å². The number of hydrogen-bond acceptors (Lipinski definition) is 2. The number of unbranched alkanes of at least 4 members (excludes halogenated alkanes) is 23. The third-order valence-corrected chi connectivity index (χ3v) is 6.98. The molecular weight excluding hydrogens is 404 g/mol. The molecule has 0 spiro atoms. The van der Waals surface area contributed by atoms with Gasteiger partial charge in [-0.05, 0) is 25.3 Å². The van der Waals surface area contributed by atoms with E-state index in [9.17, 15) is 4.79 Å². The van der Waals surface area contributed by atoms with Gasteiger partial charge in [0.15, 0.2) is 5.78 Å². The molecule has 0 radical (unpaired) electrons. The molecule has 0 aromatic rings. The Morgan fingerprint density at radius 2 is 0.727 bits per heavy atom. The Labute approximate surface area is 208 Å². The first kappa shape index (κ1) is 32.4. The number of Topliss-reactive ketones (excluding diaryl/α,β-unsaturated/α-hetero) is 1. The van der Waals surface area contributed by atoms with Crippen molar-refractivity contribution in [2.45, 2.75) is 167 Å². The first-order valence-corrected chi connectivity index (χ1v) is 14.9. The van der Waals surface area contributed by atoms with Crippen LogP contribution in [0.1, 0.15) is 167 Å². The summed E-state index contributed by atoms with van der Waals surface area (Å²) in [5.74, 6) is 0.247. The first-order valence-electron chi connectivity index (χ1n) is 14.9. The van der Waals surface area contributed by atoms with Crippen molar-refractivity contribution in [3.8, 4) is 0 Å². The van der Waals surface area contributed by atoms with Gasteiger partial charge in [0.1, 0.15) is 0 Å². The molecule has 0 atom stereocenters. The van der Waals surface area contributed by atoms with E-state index in [0.29, 0.717) is 12.0 Å². The van der Waals surface area contributed by atoms with Crippen molar-refractivity contribution in [1.29, 1.82) is 0 Å². The zero-order valence-electron chi connectivity index (χ0n) is 22.9. The molecule has 0 aliphatic rings. The maximum atomic E-state index is 11.5. The topological polar surface area (TPSA) is 26.3 Å². The molecule has 0 aromatic heterocycles. The summed E-state index contributed by atoms with van der Waals surface area (Å²) in [6, 6.07) is 0. The molecule has 2 heteroatoms. The fourth-order valence-electron chi connectivity index (χ4n) is 4.63. The lowest BCUT2D eigenvalue weighted by atomic mass is 10.0. The zero-order chi connectivity index (χ0) is 24.2. The number of ether oxygens (including phenoxy) is 1. The summed E-state index contributed by atoms with van der Waals surface area (Å²) >= 11 is 0. The van der Waals surface area contributed by atoms with E-state index in [-0.39, 0.29) is 5.78 Å². The van der Waals surface area contributed by atoms with Crippen LogP contribution in [0.25, 0.3) is 0 Å². The summed E-state index contributed by atoms with van der Waals surface area (Å²) in [5, 5.41) is 0. The van der Waals surface area contributed by atoms with E-state index >= 15 is 0 Å². The molecular formula is C31H60O2. The minimum Gasteiger partial charge on any atom is -0.385 e. The van der Waals surface area contributed by atoms with Crippen molar-refractivity contribution in [2.24, 2.45) is 0 Å². The molecule has 0 heterocycles. The summed E-state index contributed by atoms with van der Waals surface area (Å²) in [5.41, 5.74) is 0.715. The molecule has 0 unspecified atom stereocenters. The average Bonchev–Trinajstić information content (AvgIpc) is 2.81. The molecule has 0 fully saturated rings. The fraction of sp³-hybridized carbons (Fsp3) is 0.903. The van der Waals surface area contributed by atoms with Crippen LogP contribution in [0, 0.1) is 0 Å². The van der Waals surface area contributed by atoms with Crippen LogP contribution >= 0.6 is 0 Å². The highest BCUT2D eigenvalue weighted by molar-refractivity contribution is 5.93. The van der Waals surface area contributed by atoms with Crippen molar-refractivity contribution in [1.82, 2.24) is 0 Å². The van der Waals surface area contributed by atoms with Gasteiger partial charge in [0.05, 0.1) is 0 Å². The maximum Gasteiger partial charge on any atom is 0.157 e. The van der Waals surface area contributed by atoms with Crippen LogP contribution in [0.4, 0.5) is 0 Å². The van der Waals surface area contributed by atoms with Crippen LogP contribution in [-0.4, -0.2) is 19.5 Å². The molecule has 0 aliphatic carbocycles. The molecule has 196 valence electrons. The van der Waals surface area contributed by atoms with Gasteiger partial charge < -0.3 is 4.74 Å². The van der Waals surface area contributed by atoms with Gasteiger partial charge in [-0.2, -0.15) is 0 Å². The second kappa shape index (κ2) is 27.6. The molecule has 0 N–H and O–H groups in total. The minimum atomic E-state index is 0.247. The van der Waals surface area contributed by atoms with Crippen molar-refractivity contribution >= 4 is 5.78 Å². The molecule has 0 amide bonds. The number of allylic oxidation sites excluding steroid dienone is 1. The van der Waals surface area contributed by atoms with Gasteiger partial charge in [0.2, 0.25) is 0 Å². The summed E-state index contributed by atoms with van der Waals surface area (Å²) in [6.45, 7) is 6.47. The summed E-state index contributed by atoms with van der Waals surface area (Å²) in [6.07, 6.45) is 34.0. The predicted molar refractivity (Wildman–Crippen MR) is 147 cm³/mol. The van der Waals surface area contributed by atoms with Crippen LogP contribution in [0.15, 0.2) is 12.2 Å². The summed E-state index contributed by atoms with van der Waals surface area (Å²) in [7, 11) is 1.80. The molecule has 33 heavy (non-hydrogen) atoms. The second-order valence-electron chi connectivity index (χ2n) is 10.4. The Kier molecular flexibility index (Phi) is 27.1. The Morgan fingerprint density at radius 1 is 0.485 bits per heavy atom. The average molecular weight is 465 g/mol.